The van der Waals surface area contributed by atoms with Crippen molar-refractivity contribution in [2.45, 2.75) is 40.5 Å². The Morgan fingerprint density at radius 2 is 1.94 bits per heavy atom. The van der Waals surface area contributed by atoms with E-state index in [4.69, 9.17) is 0 Å². The summed E-state index contributed by atoms with van der Waals surface area (Å²) >= 11 is 0. The fourth-order valence-corrected chi connectivity index (χ4v) is 2.55. The summed E-state index contributed by atoms with van der Waals surface area (Å²) in [4.78, 5) is 23.1. The lowest BCUT2D eigenvalue weighted by atomic mass is 9.69. The number of nitrogens with one attached hydrogen (secondary N) is 2. The Balaban J connectivity index is 2.84. The van der Waals surface area contributed by atoms with Gasteiger partial charge in [-0.1, -0.05) is 27.7 Å². The van der Waals surface area contributed by atoms with E-state index in [1.807, 2.05) is 6.92 Å². The van der Waals surface area contributed by atoms with Crippen molar-refractivity contribution in [3.05, 3.63) is 0 Å². The van der Waals surface area contributed by atoms with Gasteiger partial charge in [0.15, 0.2) is 0 Å². The predicted octanol–water partition coefficient (Wildman–Crippen LogP) is 1.90. The molecule has 0 bridgehead atoms. The first-order valence-corrected chi connectivity index (χ1v) is 6.01. The van der Waals surface area contributed by atoms with Crippen molar-refractivity contribution in [3.8, 4) is 0 Å². The molecule has 2 unspecified atom stereocenters. The highest BCUT2D eigenvalue weighted by Gasteiger charge is 2.45. The first-order valence-electron chi connectivity index (χ1n) is 6.01. The van der Waals surface area contributed by atoms with E-state index in [1.165, 1.54) is 0 Å². The van der Waals surface area contributed by atoms with Crippen LogP contribution < -0.4 is 10.6 Å². The maximum absolute atomic E-state index is 12.0. The van der Waals surface area contributed by atoms with Gasteiger partial charge in [-0.3, -0.25) is 10.1 Å². The molecule has 0 aromatic carbocycles. The maximum atomic E-state index is 12.0. The summed E-state index contributed by atoms with van der Waals surface area (Å²) in [6, 6.07) is -0.370. The van der Waals surface area contributed by atoms with Crippen LogP contribution in [0.4, 0.5) is 4.79 Å². The molecule has 0 aliphatic carbocycles. The van der Waals surface area contributed by atoms with Crippen LogP contribution in [0.1, 0.15) is 40.5 Å². The molecule has 1 rings (SSSR count). The van der Waals surface area contributed by atoms with Gasteiger partial charge in [0.2, 0.25) is 5.91 Å². The summed E-state index contributed by atoms with van der Waals surface area (Å²) in [6.07, 6.45) is 1.75. The topological polar surface area (TPSA) is 58.2 Å². The van der Waals surface area contributed by atoms with E-state index in [9.17, 15) is 9.59 Å². The maximum Gasteiger partial charge on any atom is 0.321 e. The highest BCUT2D eigenvalue weighted by Crippen LogP contribution is 2.36. The van der Waals surface area contributed by atoms with E-state index in [0.29, 0.717) is 12.5 Å². The molecule has 4 heteroatoms. The van der Waals surface area contributed by atoms with Crippen molar-refractivity contribution < 1.29 is 9.59 Å². The zero-order valence-electron chi connectivity index (χ0n) is 10.6. The van der Waals surface area contributed by atoms with Crippen LogP contribution in [0.3, 0.4) is 0 Å². The quantitative estimate of drug-likeness (QED) is 0.769. The molecule has 1 aliphatic rings. The van der Waals surface area contributed by atoms with E-state index in [0.717, 1.165) is 12.8 Å². The van der Waals surface area contributed by atoms with Crippen LogP contribution in [0.2, 0.25) is 0 Å². The predicted molar refractivity (Wildman–Crippen MR) is 62.9 cm³/mol. The number of hydrogen-bond donors (Lipinski definition) is 2. The molecule has 0 saturated carbocycles. The van der Waals surface area contributed by atoms with Gasteiger partial charge in [-0.2, -0.15) is 0 Å². The third-order valence-corrected chi connectivity index (χ3v) is 3.64. The Hall–Kier alpha value is -1.06. The fourth-order valence-electron chi connectivity index (χ4n) is 2.55. The van der Waals surface area contributed by atoms with E-state index >= 15 is 0 Å². The van der Waals surface area contributed by atoms with Crippen LogP contribution in [0, 0.1) is 17.3 Å². The molecule has 0 aromatic rings. The number of rotatable bonds is 4. The molecule has 0 radical (unpaired) electrons. The Labute approximate surface area is 97.2 Å². The average Bonchev–Trinajstić information content (AvgIpc) is 2.17. The molecule has 2 N–H and O–H groups in total. The molecule has 0 spiro atoms. The molecule has 2 atom stereocenters. The molecule has 1 fully saturated rings. The fraction of sp³-hybridized carbons (Fsp3) is 0.833. The third-order valence-electron chi connectivity index (χ3n) is 3.64. The molecule has 0 aromatic heterocycles. The molecular weight excluding hydrogens is 204 g/mol. The molecule has 4 nitrogen and oxygen atoms in total. The van der Waals surface area contributed by atoms with Gasteiger partial charge in [0.1, 0.15) is 0 Å². The summed E-state index contributed by atoms with van der Waals surface area (Å²) in [5, 5.41) is 5.12. The van der Waals surface area contributed by atoms with Gasteiger partial charge in [0.25, 0.3) is 0 Å². The molecular formula is C12H22N2O2. The van der Waals surface area contributed by atoms with Gasteiger partial charge in [-0.05, 0) is 24.7 Å². The van der Waals surface area contributed by atoms with Gasteiger partial charge in [-0.15, -0.1) is 0 Å². The van der Waals surface area contributed by atoms with Gasteiger partial charge in [-0.25, -0.2) is 4.79 Å². The van der Waals surface area contributed by atoms with Gasteiger partial charge in [0.05, 0.1) is 5.41 Å². The SMILES string of the molecule is CCC1(C(C)CC(C)C)CNC(=O)NC1=O. The Kier molecular flexibility index (Phi) is 3.94. The van der Waals surface area contributed by atoms with Crippen LogP contribution in [0.5, 0.6) is 0 Å². The summed E-state index contributed by atoms with van der Waals surface area (Å²) < 4.78 is 0. The number of amides is 3. The van der Waals surface area contributed by atoms with Crippen molar-refractivity contribution in [1.29, 1.82) is 0 Å². The Morgan fingerprint density at radius 3 is 2.38 bits per heavy atom. The highest BCUT2D eigenvalue weighted by molar-refractivity contribution is 6.00. The van der Waals surface area contributed by atoms with Gasteiger partial charge >= 0.3 is 6.03 Å². The molecule has 1 saturated heterocycles. The van der Waals surface area contributed by atoms with Crippen molar-refractivity contribution in [3.63, 3.8) is 0 Å². The van der Waals surface area contributed by atoms with E-state index in [2.05, 4.69) is 31.4 Å². The highest BCUT2D eigenvalue weighted by atomic mass is 16.2. The smallest absolute Gasteiger partial charge is 0.321 e. The van der Waals surface area contributed by atoms with Crippen LogP contribution >= 0.6 is 0 Å². The summed E-state index contributed by atoms with van der Waals surface area (Å²) in [5.41, 5.74) is -0.432. The molecule has 92 valence electrons. The first-order chi connectivity index (χ1) is 7.42. The van der Waals surface area contributed by atoms with Crippen LogP contribution in [0.15, 0.2) is 0 Å². The second-order valence-electron chi connectivity index (χ2n) is 5.18. The number of hydrogen-bond acceptors (Lipinski definition) is 2. The number of carbonyl (C=O) groups is 2. The number of imide groups is 1. The van der Waals surface area contributed by atoms with E-state index in [1.54, 1.807) is 0 Å². The van der Waals surface area contributed by atoms with Crippen molar-refractivity contribution in [2.75, 3.05) is 6.54 Å². The minimum Gasteiger partial charge on any atom is -0.337 e. The summed E-state index contributed by atoms with van der Waals surface area (Å²) in [6.45, 7) is 8.87. The minimum absolute atomic E-state index is 0.119. The lowest BCUT2D eigenvalue weighted by Crippen LogP contribution is -2.61. The summed E-state index contributed by atoms with van der Waals surface area (Å²) in [7, 11) is 0. The normalized spacial score (nSPS) is 27.6. The minimum atomic E-state index is -0.432. The standard InChI is InChI=1S/C12H22N2O2/c1-5-12(9(4)6-8(2)3)7-13-11(16)14-10(12)15/h8-9H,5-7H2,1-4H3,(H2,13,14,15,16). The number of urea groups is 1. The first kappa shape index (κ1) is 13.0. The Morgan fingerprint density at radius 1 is 1.31 bits per heavy atom. The third kappa shape index (κ3) is 2.36. The largest absolute Gasteiger partial charge is 0.337 e. The summed E-state index contributed by atoms with van der Waals surface area (Å²) in [5.74, 6) is 0.717. The van der Waals surface area contributed by atoms with Gasteiger partial charge in [0, 0.05) is 6.54 Å². The Bertz CT molecular complexity index is 289. The second kappa shape index (κ2) is 4.85. The zero-order chi connectivity index (χ0) is 12.3. The van der Waals surface area contributed by atoms with Crippen LogP contribution in [-0.4, -0.2) is 18.5 Å². The lowest BCUT2D eigenvalue weighted by molar-refractivity contribution is -0.134. The van der Waals surface area contributed by atoms with Crippen molar-refractivity contribution >= 4 is 11.9 Å². The van der Waals surface area contributed by atoms with E-state index < -0.39 is 5.41 Å². The number of carbonyl (C=O) groups excluding carboxylic acids is 2. The van der Waals surface area contributed by atoms with Gasteiger partial charge < -0.3 is 5.32 Å². The van der Waals surface area contributed by atoms with Crippen LogP contribution in [0.25, 0.3) is 0 Å². The second-order valence-corrected chi connectivity index (χ2v) is 5.18. The zero-order valence-corrected chi connectivity index (χ0v) is 10.6. The molecule has 16 heavy (non-hydrogen) atoms. The van der Waals surface area contributed by atoms with E-state index in [-0.39, 0.29) is 17.9 Å². The average molecular weight is 226 g/mol. The van der Waals surface area contributed by atoms with Crippen LogP contribution in [-0.2, 0) is 4.79 Å². The van der Waals surface area contributed by atoms with Crippen molar-refractivity contribution in [2.24, 2.45) is 17.3 Å². The van der Waals surface area contributed by atoms with Crippen molar-refractivity contribution in [1.82, 2.24) is 10.6 Å². The molecule has 1 aliphatic heterocycles. The monoisotopic (exact) mass is 226 g/mol. The molecule has 3 amide bonds. The molecule has 1 heterocycles. The lowest BCUT2D eigenvalue weighted by Gasteiger charge is -2.40.